The molecule has 3 aromatic rings. The normalized spacial score (nSPS) is 10.4. The fourth-order valence-corrected chi connectivity index (χ4v) is 2.59. The van der Waals surface area contributed by atoms with Gasteiger partial charge >= 0.3 is 0 Å². The number of Topliss-reactive ketones (excluding diaryl/α,β-unsaturated/α-hetero) is 1. The van der Waals surface area contributed by atoms with E-state index in [9.17, 15) is 18.8 Å². The molecule has 0 aliphatic rings. The Bertz CT molecular complexity index is 1060. The number of amides is 2. The van der Waals surface area contributed by atoms with Crippen LogP contribution in [-0.2, 0) is 4.79 Å². The Labute approximate surface area is 164 Å². The zero-order valence-electron chi connectivity index (χ0n) is 14.6. The largest absolute Gasteiger partial charge is 0.457 e. The standard InChI is InChI=1S/C20H14ClFN2O4/c1-11-14(19(26)24-13-7-8-16(22)15(21)9-13)10-17(28-11)18(25)20(27)23-12-5-3-2-4-6-12/h2-10H,1H3,(H,23,27)(H,24,26). The van der Waals surface area contributed by atoms with Gasteiger partial charge in [-0.25, -0.2) is 4.39 Å². The molecule has 1 heterocycles. The van der Waals surface area contributed by atoms with E-state index >= 15 is 0 Å². The first kappa shape index (κ1) is 19.3. The average Bonchev–Trinajstić information content (AvgIpc) is 3.06. The third kappa shape index (κ3) is 4.27. The topological polar surface area (TPSA) is 88.4 Å². The number of furan rings is 1. The van der Waals surface area contributed by atoms with Crippen LogP contribution in [0.15, 0.2) is 59.0 Å². The van der Waals surface area contributed by atoms with E-state index in [-0.39, 0.29) is 27.8 Å². The van der Waals surface area contributed by atoms with Gasteiger partial charge in [0.15, 0.2) is 5.76 Å². The highest BCUT2D eigenvalue weighted by molar-refractivity contribution is 6.46. The maximum atomic E-state index is 13.2. The number of nitrogens with one attached hydrogen (secondary N) is 2. The molecule has 0 radical (unpaired) electrons. The van der Waals surface area contributed by atoms with Gasteiger partial charge in [0.05, 0.1) is 10.6 Å². The van der Waals surface area contributed by atoms with Gasteiger partial charge in [0.1, 0.15) is 11.6 Å². The number of anilines is 2. The summed E-state index contributed by atoms with van der Waals surface area (Å²) in [6.45, 7) is 1.48. The summed E-state index contributed by atoms with van der Waals surface area (Å²) in [6.07, 6.45) is 0. The number of ketones is 1. The van der Waals surface area contributed by atoms with Crippen molar-refractivity contribution >= 4 is 40.6 Å². The van der Waals surface area contributed by atoms with Gasteiger partial charge in [-0.2, -0.15) is 0 Å². The van der Waals surface area contributed by atoms with Crippen LogP contribution in [0.4, 0.5) is 15.8 Å². The molecule has 2 aromatic carbocycles. The first-order chi connectivity index (χ1) is 13.3. The summed E-state index contributed by atoms with van der Waals surface area (Å²) in [7, 11) is 0. The lowest BCUT2D eigenvalue weighted by molar-refractivity contribution is -0.112. The fraction of sp³-hybridized carbons (Fsp3) is 0.0500. The van der Waals surface area contributed by atoms with Crippen LogP contribution in [0, 0.1) is 12.7 Å². The number of aryl methyl sites for hydroxylation is 1. The number of rotatable bonds is 5. The molecule has 3 rings (SSSR count). The van der Waals surface area contributed by atoms with Crippen LogP contribution >= 0.6 is 11.6 Å². The Kier molecular flexibility index (Phi) is 5.56. The minimum Gasteiger partial charge on any atom is -0.457 e. The number of carbonyl (C=O) groups is 3. The lowest BCUT2D eigenvalue weighted by Crippen LogP contribution is -2.22. The fourth-order valence-electron chi connectivity index (χ4n) is 2.41. The molecular weight excluding hydrogens is 387 g/mol. The molecule has 0 saturated heterocycles. The SMILES string of the molecule is Cc1oc(C(=O)C(=O)Nc2ccccc2)cc1C(=O)Nc1ccc(F)c(Cl)c1. The molecule has 28 heavy (non-hydrogen) atoms. The number of halogens is 2. The van der Waals surface area contributed by atoms with Crippen molar-refractivity contribution in [1.29, 1.82) is 0 Å². The van der Waals surface area contributed by atoms with E-state index in [1.807, 2.05) is 0 Å². The van der Waals surface area contributed by atoms with Gasteiger partial charge in [0.25, 0.3) is 17.6 Å². The first-order valence-corrected chi connectivity index (χ1v) is 8.50. The summed E-state index contributed by atoms with van der Waals surface area (Å²) in [6, 6.07) is 13.3. The number of carbonyl (C=O) groups excluding carboxylic acids is 3. The highest BCUT2D eigenvalue weighted by Crippen LogP contribution is 2.22. The van der Waals surface area contributed by atoms with Crippen LogP contribution in [0.3, 0.4) is 0 Å². The quantitative estimate of drug-likeness (QED) is 0.489. The molecule has 6 nitrogen and oxygen atoms in total. The minimum atomic E-state index is -0.921. The molecule has 142 valence electrons. The van der Waals surface area contributed by atoms with E-state index in [4.69, 9.17) is 16.0 Å². The molecule has 0 atom stereocenters. The molecular formula is C20H14ClFN2O4. The third-order valence-corrected chi connectivity index (χ3v) is 4.09. The third-order valence-electron chi connectivity index (χ3n) is 3.80. The zero-order valence-corrected chi connectivity index (χ0v) is 15.3. The summed E-state index contributed by atoms with van der Waals surface area (Å²) in [5, 5.41) is 4.83. The van der Waals surface area contributed by atoms with E-state index in [1.54, 1.807) is 30.3 Å². The first-order valence-electron chi connectivity index (χ1n) is 8.12. The molecule has 2 N–H and O–H groups in total. The zero-order chi connectivity index (χ0) is 20.3. The van der Waals surface area contributed by atoms with Gasteiger partial charge in [0.2, 0.25) is 0 Å². The van der Waals surface area contributed by atoms with Crippen molar-refractivity contribution in [3.63, 3.8) is 0 Å². The van der Waals surface area contributed by atoms with E-state index < -0.39 is 23.4 Å². The molecule has 0 unspecified atom stereocenters. The van der Waals surface area contributed by atoms with Crippen molar-refractivity contribution in [3.05, 3.63) is 82.5 Å². The van der Waals surface area contributed by atoms with Crippen molar-refractivity contribution in [1.82, 2.24) is 0 Å². The van der Waals surface area contributed by atoms with Crippen molar-refractivity contribution in [2.24, 2.45) is 0 Å². The highest BCUT2D eigenvalue weighted by atomic mass is 35.5. The average molecular weight is 401 g/mol. The van der Waals surface area contributed by atoms with Crippen LogP contribution in [0.1, 0.15) is 26.7 Å². The molecule has 0 fully saturated rings. The Morgan fingerprint density at radius 1 is 0.964 bits per heavy atom. The predicted molar refractivity (Wildman–Crippen MR) is 102 cm³/mol. The maximum Gasteiger partial charge on any atom is 0.300 e. The Hall–Kier alpha value is -3.45. The molecule has 2 amide bonds. The van der Waals surface area contributed by atoms with Gasteiger partial charge < -0.3 is 15.1 Å². The van der Waals surface area contributed by atoms with Gasteiger partial charge in [0, 0.05) is 17.4 Å². The van der Waals surface area contributed by atoms with Crippen LogP contribution < -0.4 is 10.6 Å². The second-order valence-corrected chi connectivity index (χ2v) is 6.22. The van der Waals surface area contributed by atoms with Gasteiger partial charge in [-0.05, 0) is 37.3 Å². The summed E-state index contributed by atoms with van der Waals surface area (Å²) in [4.78, 5) is 36.8. The van der Waals surface area contributed by atoms with Gasteiger partial charge in [-0.1, -0.05) is 29.8 Å². The van der Waals surface area contributed by atoms with Gasteiger partial charge in [-0.3, -0.25) is 14.4 Å². The summed E-state index contributed by atoms with van der Waals surface area (Å²) < 4.78 is 18.5. The molecule has 1 aromatic heterocycles. The summed E-state index contributed by atoms with van der Waals surface area (Å²) in [5.41, 5.74) is 0.790. The van der Waals surface area contributed by atoms with Crippen molar-refractivity contribution in [2.75, 3.05) is 10.6 Å². The number of para-hydroxylation sites is 1. The number of benzene rings is 2. The van der Waals surface area contributed by atoms with E-state index in [2.05, 4.69) is 10.6 Å². The second-order valence-electron chi connectivity index (χ2n) is 5.81. The molecule has 0 aliphatic carbocycles. The van der Waals surface area contributed by atoms with Crippen LogP contribution in [0.25, 0.3) is 0 Å². The van der Waals surface area contributed by atoms with E-state index in [0.717, 1.165) is 6.07 Å². The van der Waals surface area contributed by atoms with Crippen LogP contribution in [0.5, 0.6) is 0 Å². The lowest BCUT2D eigenvalue weighted by atomic mass is 10.2. The Balaban J connectivity index is 1.74. The Morgan fingerprint density at radius 3 is 2.36 bits per heavy atom. The summed E-state index contributed by atoms with van der Waals surface area (Å²) in [5.74, 6) is -3.13. The van der Waals surface area contributed by atoms with Crippen LogP contribution in [-0.4, -0.2) is 17.6 Å². The monoisotopic (exact) mass is 400 g/mol. The molecule has 8 heteroatoms. The van der Waals surface area contributed by atoms with E-state index in [1.165, 1.54) is 25.1 Å². The minimum absolute atomic E-state index is 0.0660. The molecule has 0 saturated carbocycles. The summed E-state index contributed by atoms with van der Waals surface area (Å²) >= 11 is 5.69. The predicted octanol–water partition coefficient (Wildman–Crippen LogP) is 4.45. The van der Waals surface area contributed by atoms with E-state index in [0.29, 0.717) is 5.69 Å². The maximum absolute atomic E-state index is 13.2. The lowest BCUT2D eigenvalue weighted by Gasteiger charge is -2.05. The smallest absolute Gasteiger partial charge is 0.300 e. The van der Waals surface area contributed by atoms with Crippen molar-refractivity contribution < 1.29 is 23.2 Å². The van der Waals surface area contributed by atoms with Crippen molar-refractivity contribution in [2.45, 2.75) is 6.92 Å². The molecule has 0 aliphatic heterocycles. The second kappa shape index (κ2) is 8.06. The number of hydrogen-bond donors (Lipinski definition) is 2. The Morgan fingerprint density at radius 2 is 1.68 bits per heavy atom. The molecule has 0 spiro atoms. The van der Waals surface area contributed by atoms with Gasteiger partial charge in [-0.15, -0.1) is 0 Å². The highest BCUT2D eigenvalue weighted by Gasteiger charge is 2.24. The molecule has 0 bridgehead atoms. The van der Waals surface area contributed by atoms with Crippen LogP contribution in [0.2, 0.25) is 5.02 Å². The van der Waals surface area contributed by atoms with Crippen molar-refractivity contribution in [3.8, 4) is 0 Å². The number of hydrogen-bond acceptors (Lipinski definition) is 4.